The smallest absolute Gasteiger partial charge is 0.277 e. The molecular formula is C35H37N5O5. The second-order valence-corrected chi connectivity index (χ2v) is 12.2. The quantitative estimate of drug-likeness (QED) is 0.389. The Bertz CT molecular complexity index is 1650. The topological polar surface area (TPSA) is 121 Å². The molecule has 2 atom stereocenters. The molecule has 2 aromatic carbocycles. The zero-order chi connectivity index (χ0) is 32.4. The van der Waals surface area contributed by atoms with Crippen LogP contribution in [-0.4, -0.2) is 68.0 Å². The number of ether oxygens (including phenoxy) is 1. The van der Waals surface area contributed by atoms with Gasteiger partial charge in [0, 0.05) is 25.7 Å². The second kappa shape index (κ2) is 12.5. The third-order valence-corrected chi connectivity index (χ3v) is 7.70. The number of benzene rings is 2. The molecule has 3 amide bonds. The molecule has 10 heteroatoms. The van der Waals surface area contributed by atoms with Crippen LogP contribution in [0.2, 0.25) is 0 Å². The molecule has 232 valence electrons. The summed E-state index contributed by atoms with van der Waals surface area (Å²) in [6, 6.07) is 22.1. The van der Waals surface area contributed by atoms with Crippen molar-refractivity contribution >= 4 is 35.1 Å². The Kier molecular flexibility index (Phi) is 8.68. The van der Waals surface area contributed by atoms with Crippen molar-refractivity contribution in [2.45, 2.75) is 58.3 Å². The molecule has 0 spiro atoms. The Morgan fingerprint density at radius 2 is 1.64 bits per heavy atom. The van der Waals surface area contributed by atoms with E-state index in [-0.39, 0.29) is 36.2 Å². The molecule has 0 radical (unpaired) electrons. The van der Waals surface area contributed by atoms with Gasteiger partial charge in [0.25, 0.3) is 23.5 Å². The number of amides is 3. The number of aromatic nitrogens is 1. The maximum atomic E-state index is 15.0. The highest BCUT2D eigenvalue weighted by atomic mass is 16.5. The van der Waals surface area contributed by atoms with Gasteiger partial charge in [0.1, 0.15) is 18.3 Å². The van der Waals surface area contributed by atoms with Gasteiger partial charge in [-0.15, -0.1) is 0 Å². The van der Waals surface area contributed by atoms with Crippen LogP contribution in [0.3, 0.4) is 0 Å². The lowest BCUT2D eigenvalue weighted by Gasteiger charge is -2.49. The number of ketones is 1. The summed E-state index contributed by atoms with van der Waals surface area (Å²) in [4.78, 5) is 68.4. The molecule has 0 aliphatic carbocycles. The molecule has 1 unspecified atom stereocenters. The predicted molar refractivity (Wildman–Crippen MR) is 169 cm³/mol. The molecule has 10 nitrogen and oxygen atoms in total. The van der Waals surface area contributed by atoms with Gasteiger partial charge in [0.15, 0.2) is 5.66 Å². The zero-order valence-corrected chi connectivity index (χ0v) is 26.1. The average Bonchev–Trinajstić information content (AvgIpc) is 3.39. The number of carbonyl (C=O) groups is 4. The van der Waals surface area contributed by atoms with Crippen LogP contribution in [0, 0.1) is 5.92 Å². The standard InChI is InChI=1S/C35H37N5O5/c1-23(2)29-33(44)40(28(26-16-10-7-11-17-26)21-39(29)32(43)27-18-12-13-19-36-27)35(37-24(3)41,20-25-14-8-6-9-15-25)30(42)31-38-34(4,5)22-45-31/h6-19,21,23,29H,20,22H2,1-5H3,(H,37,41)/t29?,35-/m0/s1. The number of rotatable bonds is 9. The van der Waals surface area contributed by atoms with Gasteiger partial charge in [-0.3, -0.25) is 34.0 Å². The zero-order valence-electron chi connectivity index (χ0n) is 26.1. The fourth-order valence-corrected chi connectivity index (χ4v) is 5.74. The molecular weight excluding hydrogens is 570 g/mol. The second-order valence-electron chi connectivity index (χ2n) is 12.2. The first-order valence-corrected chi connectivity index (χ1v) is 14.9. The summed E-state index contributed by atoms with van der Waals surface area (Å²) in [5, 5.41) is 2.88. The van der Waals surface area contributed by atoms with Crippen LogP contribution in [0.25, 0.3) is 5.70 Å². The van der Waals surface area contributed by atoms with Crippen molar-refractivity contribution in [2.75, 3.05) is 6.61 Å². The molecule has 0 bridgehead atoms. The van der Waals surface area contributed by atoms with Crippen molar-refractivity contribution in [1.29, 1.82) is 0 Å². The molecule has 2 aliphatic heterocycles. The third-order valence-electron chi connectivity index (χ3n) is 7.70. The Labute approximate surface area is 262 Å². The van der Waals surface area contributed by atoms with Gasteiger partial charge in [0.2, 0.25) is 5.91 Å². The summed E-state index contributed by atoms with van der Waals surface area (Å²) in [6.45, 7) is 8.78. The molecule has 3 heterocycles. The van der Waals surface area contributed by atoms with Crippen LogP contribution >= 0.6 is 0 Å². The van der Waals surface area contributed by atoms with E-state index in [1.807, 2.05) is 64.1 Å². The highest BCUT2D eigenvalue weighted by Crippen LogP contribution is 2.38. The summed E-state index contributed by atoms with van der Waals surface area (Å²) in [5.41, 5.74) is -1.04. The van der Waals surface area contributed by atoms with Crippen LogP contribution in [-0.2, 0) is 25.5 Å². The maximum absolute atomic E-state index is 15.0. The molecule has 5 rings (SSSR count). The van der Waals surface area contributed by atoms with Crippen LogP contribution in [0.4, 0.5) is 0 Å². The summed E-state index contributed by atoms with van der Waals surface area (Å²) in [7, 11) is 0. The van der Waals surface area contributed by atoms with Crippen LogP contribution in [0.15, 0.2) is 96.3 Å². The van der Waals surface area contributed by atoms with Crippen LogP contribution in [0.1, 0.15) is 56.2 Å². The van der Waals surface area contributed by atoms with E-state index < -0.39 is 40.7 Å². The normalized spacial score (nSPS) is 18.9. The largest absolute Gasteiger partial charge is 0.473 e. The Hall–Kier alpha value is -5.12. The molecule has 3 aromatic rings. The van der Waals surface area contributed by atoms with Crippen molar-refractivity contribution in [3.05, 3.63) is 108 Å². The van der Waals surface area contributed by atoms with Crippen LogP contribution in [0.5, 0.6) is 0 Å². The van der Waals surface area contributed by atoms with Crippen LogP contribution < -0.4 is 5.32 Å². The van der Waals surface area contributed by atoms with Gasteiger partial charge in [-0.2, -0.15) is 0 Å². The van der Waals surface area contributed by atoms with Crippen molar-refractivity contribution < 1.29 is 23.9 Å². The van der Waals surface area contributed by atoms with Gasteiger partial charge in [0.05, 0.1) is 11.2 Å². The van der Waals surface area contributed by atoms with Crippen molar-refractivity contribution in [2.24, 2.45) is 10.9 Å². The average molecular weight is 608 g/mol. The molecule has 1 aromatic heterocycles. The van der Waals surface area contributed by atoms with E-state index in [1.54, 1.807) is 48.7 Å². The number of hydrogen-bond acceptors (Lipinski definition) is 7. The first kappa shape index (κ1) is 31.3. The maximum Gasteiger partial charge on any atom is 0.277 e. The number of nitrogens with one attached hydrogen (secondary N) is 1. The van der Waals surface area contributed by atoms with E-state index in [1.165, 1.54) is 22.9 Å². The number of hydrogen-bond donors (Lipinski definition) is 1. The van der Waals surface area contributed by atoms with Gasteiger partial charge < -0.3 is 10.1 Å². The van der Waals surface area contributed by atoms with Gasteiger partial charge in [-0.25, -0.2) is 4.99 Å². The lowest BCUT2D eigenvalue weighted by Crippen LogP contribution is -2.72. The van der Waals surface area contributed by atoms with E-state index in [0.717, 1.165) is 0 Å². The molecule has 0 saturated carbocycles. The lowest BCUT2D eigenvalue weighted by molar-refractivity contribution is -0.149. The Balaban J connectivity index is 1.81. The Morgan fingerprint density at radius 3 is 2.20 bits per heavy atom. The van der Waals surface area contributed by atoms with E-state index in [9.17, 15) is 14.4 Å². The van der Waals surface area contributed by atoms with E-state index in [4.69, 9.17) is 4.74 Å². The van der Waals surface area contributed by atoms with Crippen molar-refractivity contribution in [3.8, 4) is 0 Å². The van der Waals surface area contributed by atoms with Gasteiger partial charge >= 0.3 is 0 Å². The predicted octanol–water partition coefficient (Wildman–Crippen LogP) is 4.24. The fraction of sp³-hybridized carbons (Fsp3) is 0.314. The number of nitrogens with zero attached hydrogens (tertiary/aromatic N) is 4. The first-order valence-electron chi connectivity index (χ1n) is 14.9. The Morgan fingerprint density at radius 1 is 1.00 bits per heavy atom. The highest BCUT2D eigenvalue weighted by molar-refractivity contribution is 6.41. The fourth-order valence-electron chi connectivity index (χ4n) is 5.74. The molecule has 0 fully saturated rings. The number of carbonyl (C=O) groups excluding carboxylic acids is 4. The summed E-state index contributed by atoms with van der Waals surface area (Å²) in [6.07, 6.45) is 3.00. The monoisotopic (exact) mass is 607 g/mol. The number of pyridine rings is 1. The summed E-state index contributed by atoms with van der Waals surface area (Å²) in [5.74, 6) is -2.80. The van der Waals surface area contributed by atoms with E-state index in [2.05, 4.69) is 15.3 Å². The molecule has 2 aliphatic rings. The minimum atomic E-state index is -2.00. The molecule has 1 N–H and O–H groups in total. The van der Waals surface area contributed by atoms with Gasteiger partial charge in [-0.05, 0) is 43.0 Å². The molecule has 0 saturated heterocycles. The minimum Gasteiger partial charge on any atom is -0.473 e. The lowest BCUT2D eigenvalue weighted by atomic mass is 9.87. The first-order chi connectivity index (χ1) is 21.4. The third kappa shape index (κ3) is 6.26. The van der Waals surface area contributed by atoms with Gasteiger partial charge in [-0.1, -0.05) is 80.6 Å². The SMILES string of the molecule is CC(=O)N[C@](Cc1ccccc1)(C(=O)C1=NC(C)(C)CO1)N1C(=O)C(C(C)C)N(C(=O)c2ccccn2)C=C1c1ccccc1. The van der Waals surface area contributed by atoms with Crippen molar-refractivity contribution in [1.82, 2.24) is 20.1 Å². The van der Waals surface area contributed by atoms with E-state index >= 15 is 4.79 Å². The number of Topliss-reactive ketones (excluding diaryl/α,β-unsaturated/α-hetero) is 1. The number of aliphatic imine (C=N–C) groups is 1. The molecule has 45 heavy (non-hydrogen) atoms. The van der Waals surface area contributed by atoms with E-state index in [0.29, 0.717) is 11.1 Å². The highest BCUT2D eigenvalue weighted by Gasteiger charge is 2.56. The summed E-state index contributed by atoms with van der Waals surface area (Å²) < 4.78 is 5.83. The van der Waals surface area contributed by atoms with Crippen molar-refractivity contribution in [3.63, 3.8) is 0 Å². The summed E-state index contributed by atoms with van der Waals surface area (Å²) >= 11 is 0. The minimum absolute atomic E-state index is 0.0933.